The fourth-order valence-electron chi connectivity index (χ4n) is 2.40. The average Bonchev–Trinajstić information content (AvgIpc) is 2.51. The lowest BCUT2D eigenvalue weighted by Gasteiger charge is -2.10. The van der Waals surface area contributed by atoms with Gasteiger partial charge in [-0.2, -0.15) is 4.98 Å². The molecule has 2 aromatic carbocycles. The highest BCUT2D eigenvalue weighted by Crippen LogP contribution is 2.30. The summed E-state index contributed by atoms with van der Waals surface area (Å²) in [5.41, 5.74) is 7.08. The van der Waals surface area contributed by atoms with E-state index in [1.54, 1.807) is 0 Å². The van der Waals surface area contributed by atoms with Gasteiger partial charge in [-0.05, 0) is 23.3 Å². The summed E-state index contributed by atoms with van der Waals surface area (Å²) >= 11 is 1.39. The van der Waals surface area contributed by atoms with Gasteiger partial charge in [0.2, 0.25) is 5.88 Å². The molecule has 0 spiro atoms. The lowest BCUT2D eigenvalue weighted by atomic mass is 10.1. The van der Waals surface area contributed by atoms with Crippen LogP contribution in [-0.4, -0.2) is 20.2 Å². The molecule has 0 amide bonds. The number of fused-ring (bicyclic) bond motifs is 1. The van der Waals surface area contributed by atoms with Crippen molar-refractivity contribution in [2.75, 3.05) is 5.73 Å². The standard InChI is InChI=1S/C17H17N3O2S/c1-10(21)14-15(18)19-17(20-16(14)22)23-9-11-6-7-12-4-2-3-5-13(12)8-11/h2-8,10,21H,9H2,1H3,(H3,18,19,20,22). The van der Waals surface area contributed by atoms with Crippen molar-refractivity contribution in [3.8, 4) is 5.88 Å². The predicted molar refractivity (Wildman–Crippen MR) is 92.3 cm³/mol. The zero-order chi connectivity index (χ0) is 16.4. The SMILES string of the molecule is CC(O)c1c(N)nc(SCc2ccc3ccccc3c2)nc1O. The second-order valence-electron chi connectivity index (χ2n) is 5.27. The molecule has 0 bridgehead atoms. The molecule has 4 N–H and O–H groups in total. The number of nitrogens with two attached hydrogens (primary N) is 1. The van der Waals surface area contributed by atoms with Gasteiger partial charge in [-0.3, -0.25) is 0 Å². The van der Waals surface area contributed by atoms with Gasteiger partial charge in [-0.1, -0.05) is 54.2 Å². The summed E-state index contributed by atoms with van der Waals surface area (Å²) in [5, 5.41) is 22.2. The summed E-state index contributed by atoms with van der Waals surface area (Å²) in [7, 11) is 0. The van der Waals surface area contributed by atoms with Crippen molar-refractivity contribution in [2.45, 2.75) is 23.9 Å². The highest BCUT2D eigenvalue weighted by atomic mass is 32.2. The Morgan fingerprint density at radius 3 is 2.57 bits per heavy atom. The van der Waals surface area contributed by atoms with Gasteiger partial charge in [0.1, 0.15) is 5.82 Å². The third-order valence-corrected chi connectivity index (χ3v) is 4.45. The second kappa shape index (κ2) is 6.44. The Morgan fingerprint density at radius 1 is 1.13 bits per heavy atom. The smallest absolute Gasteiger partial charge is 0.223 e. The Bertz CT molecular complexity index is 829. The number of rotatable bonds is 4. The van der Waals surface area contributed by atoms with E-state index in [2.05, 4.69) is 40.3 Å². The number of benzene rings is 2. The molecule has 0 aliphatic rings. The maximum Gasteiger partial charge on any atom is 0.223 e. The average molecular weight is 327 g/mol. The molecule has 1 heterocycles. The highest BCUT2D eigenvalue weighted by Gasteiger charge is 2.16. The fourth-order valence-corrected chi connectivity index (χ4v) is 3.18. The Hall–Kier alpha value is -2.31. The van der Waals surface area contributed by atoms with Crippen LogP contribution in [0.25, 0.3) is 10.8 Å². The zero-order valence-electron chi connectivity index (χ0n) is 12.6. The Kier molecular flexibility index (Phi) is 4.36. The van der Waals surface area contributed by atoms with Crippen LogP contribution in [0.15, 0.2) is 47.6 Å². The van der Waals surface area contributed by atoms with Crippen LogP contribution in [0, 0.1) is 0 Å². The minimum absolute atomic E-state index is 0.105. The first-order valence-corrected chi connectivity index (χ1v) is 8.18. The van der Waals surface area contributed by atoms with E-state index >= 15 is 0 Å². The largest absolute Gasteiger partial charge is 0.493 e. The number of hydrogen-bond acceptors (Lipinski definition) is 6. The maximum atomic E-state index is 9.88. The molecule has 3 rings (SSSR count). The quantitative estimate of drug-likeness (QED) is 0.503. The van der Waals surface area contributed by atoms with Crippen LogP contribution in [-0.2, 0) is 5.75 Å². The van der Waals surface area contributed by atoms with Gasteiger partial charge in [0.15, 0.2) is 5.16 Å². The number of nitrogens with zero attached hydrogens (tertiary/aromatic N) is 2. The lowest BCUT2D eigenvalue weighted by molar-refractivity contribution is 0.194. The van der Waals surface area contributed by atoms with E-state index in [0.29, 0.717) is 10.9 Å². The van der Waals surface area contributed by atoms with Crippen LogP contribution < -0.4 is 5.73 Å². The molecule has 6 heteroatoms. The predicted octanol–water partition coefficient (Wildman–Crippen LogP) is 3.26. The lowest BCUT2D eigenvalue weighted by Crippen LogP contribution is -2.04. The van der Waals surface area contributed by atoms with Gasteiger partial charge >= 0.3 is 0 Å². The maximum absolute atomic E-state index is 9.88. The molecule has 1 aromatic heterocycles. The van der Waals surface area contributed by atoms with E-state index in [-0.39, 0.29) is 17.3 Å². The molecule has 3 aromatic rings. The Balaban J connectivity index is 1.79. The van der Waals surface area contributed by atoms with E-state index in [0.717, 1.165) is 5.56 Å². The number of aliphatic hydroxyl groups excluding tert-OH is 1. The van der Waals surface area contributed by atoms with Gasteiger partial charge in [-0.25, -0.2) is 4.98 Å². The first kappa shape index (κ1) is 15.6. The van der Waals surface area contributed by atoms with E-state index in [9.17, 15) is 10.2 Å². The molecule has 118 valence electrons. The van der Waals surface area contributed by atoms with Crippen LogP contribution in [0.5, 0.6) is 5.88 Å². The molecule has 1 atom stereocenters. The van der Waals surface area contributed by atoms with Crippen molar-refractivity contribution < 1.29 is 10.2 Å². The van der Waals surface area contributed by atoms with Crippen LogP contribution in [0.3, 0.4) is 0 Å². The molecular formula is C17H17N3O2S. The number of aliphatic hydroxyl groups is 1. The number of thioether (sulfide) groups is 1. The third kappa shape index (κ3) is 3.38. The van der Waals surface area contributed by atoms with Gasteiger partial charge in [-0.15, -0.1) is 0 Å². The van der Waals surface area contributed by atoms with Crippen LogP contribution in [0.1, 0.15) is 24.2 Å². The number of aromatic nitrogens is 2. The summed E-state index contributed by atoms with van der Waals surface area (Å²) in [5.74, 6) is 0.500. The van der Waals surface area contributed by atoms with Crippen molar-refractivity contribution in [1.29, 1.82) is 0 Å². The second-order valence-corrected chi connectivity index (χ2v) is 6.22. The molecule has 1 unspecified atom stereocenters. The molecule has 0 saturated heterocycles. The summed E-state index contributed by atoms with van der Waals surface area (Å²) in [6.07, 6.45) is -0.908. The molecular weight excluding hydrogens is 310 g/mol. The minimum atomic E-state index is -0.908. The van der Waals surface area contributed by atoms with Crippen molar-refractivity contribution in [2.24, 2.45) is 0 Å². The van der Waals surface area contributed by atoms with Crippen molar-refractivity contribution in [1.82, 2.24) is 9.97 Å². The molecule has 0 aliphatic carbocycles. The monoisotopic (exact) mass is 327 g/mol. The van der Waals surface area contributed by atoms with Gasteiger partial charge in [0.25, 0.3) is 0 Å². The van der Waals surface area contributed by atoms with Gasteiger partial charge in [0, 0.05) is 5.75 Å². The van der Waals surface area contributed by atoms with Crippen LogP contribution >= 0.6 is 11.8 Å². The summed E-state index contributed by atoms with van der Waals surface area (Å²) < 4.78 is 0. The Labute approximate surface area is 138 Å². The summed E-state index contributed by atoms with van der Waals surface area (Å²) in [6.45, 7) is 1.51. The van der Waals surface area contributed by atoms with Crippen molar-refractivity contribution >= 4 is 28.4 Å². The molecule has 0 aliphatic heterocycles. The molecule has 23 heavy (non-hydrogen) atoms. The molecule has 0 fully saturated rings. The number of hydrogen-bond donors (Lipinski definition) is 3. The third-order valence-electron chi connectivity index (χ3n) is 3.53. The number of anilines is 1. The van der Waals surface area contributed by atoms with E-state index in [1.807, 2.05) is 12.1 Å². The molecule has 0 radical (unpaired) electrons. The van der Waals surface area contributed by atoms with E-state index in [1.165, 1.54) is 29.5 Å². The van der Waals surface area contributed by atoms with Crippen LogP contribution in [0.4, 0.5) is 5.82 Å². The fraction of sp³-hybridized carbons (Fsp3) is 0.176. The normalized spacial score (nSPS) is 12.4. The molecule has 5 nitrogen and oxygen atoms in total. The van der Waals surface area contributed by atoms with Crippen molar-refractivity contribution in [3.63, 3.8) is 0 Å². The number of nitrogen functional groups attached to an aromatic ring is 1. The van der Waals surface area contributed by atoms with Crippen LogP contribution in [0.2, 0.25) is 0 Å². The molecule has 0 saturated carbocycles. The summed E-state index contributed by atoms with van der Waals surface area (Å²) in [4.78, 5) is 8.14. The first-order chi connectivity index (χ1) is 11.0. The minimum Gasteiger partial charge on any atom is -0.493 e. The first-order valence-electron chi connectivity index (χ1n) is 7.19. The number of aromatic hydroxyl groups is 1. The Morgan fingerprint density at radius 2 is 1.87 bits per heavy atom. The highest BCUT2D eigenvalue weighted by molar-refractivity contribution is 7.98. The zero-order valence-corrected chi connectivity index (χ0v) is 13.4. The van der Waals surface area contributed by atoms with Gasteiger partial charge in [0.05, 0.1) is 11.7 Å². The topological polar surface area (TPSA) is 92.3 Å². The van der Waals surface area contributed by atoms with E-state index in [4.69, 9.17) is 5.73 Å². The van der Waals surface area contributed by atoms with E-state index < -0.39 is 6.10 Å². The van der Waals surface area contributed by atoms with Crippen molar-refractivity contribution in [3.05, 3.63) is 53.6 Å². The summed E-state index contributed by atoms with van der Waals surface area (Å²) in [6, 6.07) is 14.4. The van der Waals surface area contributed by atoms with Gasteiger partial charge < -0.3 is 15.9 Å².